The summed E-state index contributed by atoms with van der Waals surface area (Å²) in [7, 11) is 0. The van der Waals surface area contributed by atoms with E-state index in [1.807, 2.05) is 12.2 Å². The minimum Gasteiger partial charge on any atom is -0.508 e. The van der Waals surface area contributed by atoms with E-state index in [0.717, 1.165) is 32.2 Å². The summed E-state index contributed by atoms with van der Waals surface area (Å²) in [5, 5.41) is 12.1. The number of phenolic OH excluding ortho intramolecular Hbond substituents is 1. The number of hydrogen-bond donors (Lipinski definition) is 1. The molecule has 3 saturated heterocycles. The molecular formula is C35H36F3N5O3. The number of hydrogen-bond acceptors (Lipinski definition) is 8. The average Bonchev–Trinajstić information content (AvgIpc) is 3.57. The zero-order chi connectivity index (χ0) is 31.4. The summed E-state index contributed by atoms with van der Waals surface area (Å²) in [6.45, 7) is 3.73. The maximum Gasteiger partial charge on any atom is 0.319 e. The normalized spacial score (nSPS) is 25.8. The van der Waals surface area contributed by atoms with Crippen molar-refractivity contribution in [2.45, 2.75) is 50.2 Å². The van der Waals surface area contributed by atoms with Crippen LogP contribution in [0, 0.1) is 17.6 Å². The van der Waals surface area contributed by atoms with E-state index in [-0.39, 0.29) is 47.5 Å². The first-order valence-electron chi connectivity index (χ1n) is 16.2. The Labute approximate surface area is 264 Å². The molecule has 1 N–H and O–H groups in total. The van der Waals surface area contributed by atoms with Gasteiger partial charge in [0.15, 0.2) is 5.82 Å². The molecule has 9 rings (SSSR count). The van der Waals surface area contributed by atoms with Gasteiger partial charge < -0.3 is 19.5 Å². The van der Waals surface area contributed by atoms with Crippen molar-refractivity contribution in [1.82, 2.24) is 19.9 Å². The molecule has 11 heteroatoms. The van der Waals surface area contributed by atoms with Crippen LogP contribution in [0.15, 0.2) is 42.6 Å². The molecular weight excluding hydrogens is 595 g/mol. The number of rotatable bonds is 3. The van der Waals surface area contributed by atoms with Crippen molar-refractivity contribution in [1.29, 1.82) is 0 Å². The third-order valence-corrected chi connectivity index (χ3v) is 10.2. The van der Waals surface area contributed by atoms with Gasteiger partial charge in [-0.3, -0.25) is 9.88 Å². The molecule has 6 bridgehead atoms. The third-order valence-electron chi connectivity index (χ3n) is 10.2. The molecule has 8 nitrogen and oxygen atoms in total. The van der Waals surface area contributed by atoms with Gasteiger partial charge in [-0.05, 0) is 73.5 Å². The zero-order valence-electron chi connectivity index (χ0n) is 25.5. The SMILES string of the molecule is Oc1cc2c3c(c(F)ccc3c1)C/C=C/COC[C@@H]1CCCN(C1)c1nc(OC[C@@]34CCCN3C[C@H](F)C4)nc3c(F)c-2ncc13. The molecule has 240 valence electrons. The lowest BCUT2D eigenvalue weighted by Crippen LogP contribution is -2.43. The van der Waals surface area contributed by atoms with E-state index in [9.17, 15) is 9.50 Å². The lowest BCUT2D eigenvalue weighted by Gasteiger charge is -2.34. The predicted molar refractivity (Wildman–Crippen MR) is 169 cm³/mol. The first-order chi connectivity index (χ1) is 22.4. The summed E-state index contributed by atoms with van der Waals surface area (Å²) in [5.41, 5.74) is 0.179. The molecule has 3 fully saturated rings. The van der Waals surface area contributed by atoms with Gasteiger partial charge in [0.25, 0.3) is 0 Å². The summed E-state index contributed by atoms with van der Waals surface area (Å²) in [6, 6.07) is 5.90. The van der Waals surface area contributed by atoms with Crippen LogP contribution in [0.3, 0.4) is 0 Å². The van der Waals surface area contributed by atoms with E-state index < -0.39 is 23.3 Å². The van der Waals surface area contributed by atoms with Gasteiger partial charge in [0, 0.05) is 43.4 Å². The number of allylic oxidation sites excluding steroid dienone is 1. The van der Waals surface area contributed by atoms with E-state index in [2.05, 4.69) is 19.8 Å². The zero-order valence-corrected chi connectivity index (χ0v) is 25.5. The van der Waals surface area contributed by atoms with Crippen LogP contribution in [0.5, 0.6) is 11.8 Å². The molecule has 4 aromatic rings. The second-order valence-electron chi connectivity index (χ2n) is 13.2. The highest BCUT2D eigenvalue weighted by molar-refractivity contribution is 6.01. The quantitative estimate of drug-likeness (QED) is 0.271. The smallest absolute Gasteiger partial charge is 0.319 e. The van der Waals surface area contributed by atoms with Crippen molar-refractivity contribution in [3.05, 3.63) is 59.8 Å². The number of benzene rings is 2. The van der Waals surface area contributed by atoms with Crippen molar-refractivity contribution >= 4 is 27.5 Å². The Morgan fingerprint density at radius 3 is 2.91 bits per heavy atom. The molecule has 5 aliphatic heterocycles. The molecule has 2 aromatic carbocycles. The summed E-state index contributed by atoms with van der Waals surface area (Å²) in [6.07, 6.45) is 8.70. The number of aromatic hydroxyl groups is 1. The second kappa shape index (κ2) is 11.7. The number of phenols is 1. The monoisotopic (exact) mass is 631 g/mol. The highest BCUT2D eigenvalue weighted by Gasteiger charge is 2.49. The van der Waals surface area contributed by atoms with Crippen molar-refractivity contribution in [2.75, 3.05) is 50.9 Å². The topological polar surface area (TPSA) is 83.8 Å². The molecule has 0 unspecified atom stereocenters. The van der Waals surface area contributed by atoms with Gasteiger partial charge in [-0.15, -0.1) is 0 Å². The molecule has 7 heterocycles. The highest BCUT2D eigenvalue weighted by atomic mass is 19.1. The van der Waals surface area contributed by atoms with E-state index in [1.54, 1.807) is 12.3 Å². The Bertz CT molecular complexity index is 1850. The summed E-state index contributed by atoms with van der Waals surface area (Å²) < 4.78 is 59.0. The molecule has 0 amide bonds. The number of anilines is 1. The first-order valence-corrected chi connectivity index (χ1v) is 16.2. The first kappa shape index (κ1) is 29.4. The molecule has 0 spiro atoms. The van der Waals surface area contributed by atoms with Crippen LogP contribution < -0.4 is 9.64 Å². The number of fused-ring (bicyclic) bond motifs is 6. The number of ether oxygens (including phenoxy) is 2. The van der Waals surface area contributed by atoms with Crippen molar-refractivity contribution in [3.63, 3.8) is 0 Å². The van der Waals surface area contributed by atoms with E-state index in [0.29, 0.717) is 66.8 Å². The maximum atomic E-state index is 16.9. The van der Waals surface area contributed by atoms with Crippen LogP contribution >= 0.6 is 0 Å². The van der Waals surface area contributed by atoms with Crippen LogP contribution in [0.1, 0.15) is 37.7 Å². The molecule has 46 heavy (non-hydrogen) atoms. The van der Waals surface area contributed by atoms with Gasteiger partial charge in [-0.25, -0.2) is 13.2 Å². The number of aromatic nitrogens is 3. The number of alkyl halides is 1. The predicted octanol–water partition coefficient (Wildman–Crippen LogP) is 6.13. The van der Waals surface area contributed by atoms with Crippen LogP contribution in [0.25, 0.3) is 32.9 Å². The molecule has 0 radical (unpaired) electrons. The van der Waals surface area contributed by atoms with Crippen molar-refractivity contribution in [3.8, 4) is 23.0 Å². The molecule has 0 saturated carbocycles. The Hall–Kier alpha value is -3.96. The number of pyridine rings is 1. The largest absolute Gasteiger partial charge is 0.508 e. The van der Waals surface area contributed by atoms with Crippen molar-refractivity contribution < 1.29 is 27.8 Å². The summed E-state index contributed by atoms with van der Waals surface area (Å²) in [5.74, 6) is -0.487. The van der Waals surface area contributed by atoms with Gasteiger partial charge in [0.1, 0.15) is 41.4 Å². The van der Waals surface area contributed by atoms with E-state index in [1.165, 1.54) is 18.2 Å². The van der Waals surface area contributed by atoms with Crippen LogP contribution in [-0.4, -0.2) is 82.7 Å². The standard InChI is InChI=1S/C35H36F3N5O3/c36-23-15-35(9-4-11-43(35)18-23)20-46-34-40-32-27-16-39-31(30(32)38)26-14-24(44)13-22-7-8-28(37)25(29(22)26)6-1-2-12-45-19-21-5-3-10-42(17-21)33(27)41-34/h1-2,7-8,13-14,16,21,23,44H,3-6,9-12,15,17-20H2/b2-1+/t21-,23-,35+/m1/s1. The minimum absolute atomic E-state index is 0.0232. The van der Waals surface area contributed by atoms with E-state index >= 15 is 8.78 Å². The lowest BCUT2D eigenvalue weighted by molar-refractivity contribution is 0.107. The van der Waals surface area contributed by atoms with Gasteiger partial charge >= 0.3 is 6.01 Å². The van der Waals surface area contributed by atoms with Gasteiger partial charge in [-0.1, -0.05) is 18.2 Å². The lowest BCUT2D eigenvalue weighted by atomic mass is 9.94. The fourth-order valence-electron chi connectivity index (χ4n) is 8.01. The fourth-order valence-corrected chi connectivity index (χ4v) is 8.01. The van der Waals surface area contributed by atoms with E-state index in [4.69, 9.17) is 14.5 Å². The minimum atomic E-state index is -0.909. The van der Waals surface area contributed by atoms with Crippen LogP contribution in [0.2, 0.25) is 0 Å². The Morgan fingerprint density at radius 1 is 1.09 bits per heavy atom. The second-order valence-corrected chi connectivity index (χ2v) is 13.2. The fraction of sp³-hybridized carbons (Fsp3) is 0.457. The van der Waals surface area contributed by atoms with Gasteiger partial charge in [0.2, 0.25) is 0 Å². The molecule has 2 aromatic heterocycles. The Balaban J connectivity index is 1.31. The molecule has 5 aliphatic rings. The third kappa shape index (κ3) is 5.13. The average molecular weight is 632 g/mol. The maximum absolute atomic E-state index is 16.9. The van der Waals surface area contributed by atoms with Gasteiger partial charge in [0.05, 0.1) is 24.1 Å². The number of halogens is 3. The Morgan fingerprint density at radius 2 is 2.00 bits per heavy atom. The van der Waals surface area contributed by atoms with Crippen LogP contribution in [-0.2, 0) is 11.2 Å². The van der Waals surface area contributed by atoms with Gasteiger partial charge in [-0.2, -0.15) is 9.97 Å². The Kier molecular flexibility index (Phi) is 7.48. The van der Waals surface area contributed by atoms with Crippen LogP contribution in [0.4, 0.5) is 19.0 Å². The summed E-state index contributed by atoms with van der Waals surface area (Å²) >= 11 is 0. The van der Waals surface area contributed by atoms with Crippen molar-refractivity contribution in [2.24, 2.45) is 5.92 Å². The molecule has 0 aliphatic carbocycles. The summed E-state index contributed by atoms with van der Waals surface area (Å²) in [4.78, 5) is 18.3. The highest BCUT2D eigenvalue weighted by Crippen LogP contribution is 2.42. The molecule has 3 atom stereocenters. The number of piperidine rings is 1. The number of nitrogens with zero attached hydrogens (tertiary/aromatic N) is 5.